The lowest BCUT2D eigenvalue weighted by Gasteiger charge is -2.29. The zero-order valence-corrected chi connectivity index (χ0v) is 16.6. The van der Waals surface area contributed by atoms with Gasteiger partial charge in [-0.25, -0.2) is 0 Å². The van der Waals surface area contributed by atoms with Crippen molar-refractivity contribution in [1.29, 1.82) is 0 Å². The van der Waals surface area contributed by atoms with Crippen molar-refractivity contribution in [3.8, 4) is 11.5 Å². The number of ether oxygens (including phenoxy) is 2. The van der Waals surface area contributed by atoms with Gasteiger partial charge in [0.25, 0.3) is 5.91 Å². The molecule has 154 valence electrons. The average Bonchev–Trinajstić information content (AvgIpc) is 2.91. The number of likely N-dealkylation sites (tertiary alicyclic amines) is 1. The van der Waals surface area contributed by atoms with E-state index in [1.165, 1.54) is 18.9 Å². The number of nitrogens with zero attached hydrogens (tertiary/aromatic N) is 2. The van der Waals surface area contributed by atoms with Crippen LogP contribution in [0, 0.1) is 0 Å². The molecule has 1 N–H and O–H groups in total. The third kappa shape index (κ3) is 5.37. The molecule has 1 heterocycles. The Kier molecular flexibility index (Phi) is 7.66. The van der Waals surface area contributed by atoms with Crippen molar-refractivity contribution < 1.29 is 29.0 Å². The first-order chi connectivity index (χ1) is 13.4. The Morgan fingerprint density at radius 2 is 1.96 bits per heavy atom. The number of carbonyl (C=O) groups is 3. The summed E-state index contributed by atoms with van der Waals surface area (Å²) in [6.45, 7) is 4.46. The zero-order valence-electron chi connectivity index (χ0n) is 16.6. The third-order valence-electron chi connectivity index (χ3n) is 4.85. The minimum absolute atomic E-state index is 0.116. The molecule has 1 fully saturated rings. The fourth-order valence-electron chi connectivity index (χ4n) is 3.49. The molecule has 0 saturated carbocycles. The maximum absolute atomic E-state index is 12.9. The van der Waals surface area contributed by atoms with E-state index in [4.69, 9.17) is 14.6 Å². The molecular formula is C20H28N2O6. The highest BCUT2D eigenvalue weighted by molar-refractivity contribution is 5.95. The molecule has 0 aromatic heterocycles. The molecule has 0 spiro atoms. The highest BCUT2D eigenvalue weighted by Gasteiger charge is 2.28. The van der Waals surface area contributed by atoms with E-state index in [2.05, 4.69) is 0 Å². The smallest absolute Gasteiger partial charge is 0.323 e. The Hall–Kier alpha value is -2.77. The molecule has 2 amide bonds. The summed E-state index contributed by atoms with van der Waals surface area (Å²) in [5, 5.41) is 9.05. The second kappa shape index (κ2) is 9.96. The van der Waals surface area contributed by atoms with Gasteiger partial charge in [0.05, 0.1) is 13.7 Å². The minimum Gasteiger partial charge on any atom is -0.493 e. The quantitative estimate of drug-likeness (QED) is 0.763. The van der Waals surface area contributed by atoms with Gasteiger partial charge < -0.3 is 24.4 Å². The number of methoxy groups -OCH3 is 1. The van der Waals surface area contributed by atoms with E-state index >= 15 is 0 Å². The molecule has 2 rings (SSSR count). The Morgan fingerprint density at radius 3 is 2.57 bits per heavy atom. The van der Waals surface area contributed by atoms with Gasteiger partial charge in [-0.2, -0.15) is 0 Å². The second-order valence-electron chi connectivity index (χ2n) is 6.72. The molecule has 1 aromatic carbocycles. The van der Waals surface area contributed by atoms with Crippen LogP contribution in [0.15, 0.2) is 18.2 Å². The monoisotopic (exact) mass is 392 g/mol. The predicted octanol–water partition coefficient (Wildman–Crippen LogP) is 2.02. The normalized spacial score (nSPS) is 16.8. The number of hydrogen-bond acceptors (Lipinski definition) is 5. The predicted molar refractivity (Wildman–Crippen MR) is 103 cm³/mol. The summed E-state index contributed by atoms with van der Waals surface area (Å²) in [5.74, 6) is -0.320. The standard InChI is InChI=1S/C20H28N2O6/c1-4-28-17-8-7-15(12-18(17)27-3)20(26)21-10-5-6-16(9-11-21)22(14(2)23)13-19(24)25/h7-8,12,16H,4-6,9-11,13H2,1-3H3,(H,24,25). The first kappa shape index (κ1) is 21.5. The molecule has 8 nitrogen and oxygen atoms in total. The van der Waals surface area contributed by atoms with Gasteiger partial charge in [-0.05, 0) is 44.4 Å². The van der Waals surface area contributed by atoms with Gasteiger partial charge in [0, 0.05) is 31.6 Å². The lowest BCUT2D eigenvalue weighted by atomic mass is 10.1. The molecule has 1 aromatic rings. The molecule has 1 unspecified atom stereocenters. The van der Waals surface area contributed by atoms with Crippen LogP contribution < -0.4 is 9.47 Å². The summed E-state index contributed by atoms with van der Waals surface area (Å²) >= 11 is 0. The van der Waals surface area contributed by atoms with Crippen LogP contribution in [0.5, 0.6) is 11.5 Å². The maximum atomic E-state index is 12.9. The van der Waals surface area contributed by atoms with Crippen LogP contribution >= 0.6 is 0 Å². The van der Waals surface area contributed by atoms with Gasteiger partial charge in [-0.15, -0.1) is 0 Å². The van der Waals surface area contributed by atoms with E-state index < -0.39 is 5.97 Å². The molecule has 1 atom stereocenters. The van der Waals surface area contributed by atoms with Crippen LogP contribution in [0.2, 0.25) is 0 Å². The largest absolute Gasteiger partial charge is 0.493 e. The first-order valence-corrected chi connectivity index (χ1v) is 9.46. The van der Waals surface area contributed by atoms with E-state index in [1.54, 1.807) is 23.1 Å². The van der Waals surface area contributed by atoms with Gasteiger partial charge in [-0.3, -0.25) is 14.4 Å². The van der Waals surface area contributed by atoms with E-state index in [-0.39, 0.29) is 24.4 Å². The average molecular weight is 392 g/mol. The fourth-order valence-corrected chi connectivity index (χ4v) is 3.49. The van der Waals surface area contributed by atoms with Gasteiger partial charge in [0.1, 0.15) is 6.54 Å². The van der Waals surface area contributed by atoms with Crippen LogP contribution in [0.3, 0.4) is 0 Å². The Morgan fingerprint density at radius 1 is 1.21 bits per heavy atom. The lowest BCUT2D eigenvalue weighted by molar-refractivity contribution is -0.145. The van der Waals surface area contributed by atoms with E-state index in [0.29, 0.717) is 56.0 Å². The third-order valence-corrected chi connectivity index (χ3v) is 4.85. The maximum Gasteiger partial charge on any atom is 0.323 e. The van der Waals surface area contributed by atoms with Crippen molar-refractivity contribution in [2.75, 3.05) is 33.4 Å². The van der Waals surface area contributed by atoms with E-state index in [1.807, 2.05) is 6.92 Å². The van der Waals surface area contributed by atoms with Crippen molar-refractivity contribution in [1.82, 2.24) is 9.80 Å². The number of hydrogen-bond donors (Lipinski definition) is 1. The van der Waals surface area contributed by atoms with Crippen LogP contribution in [0.4, 0.5) is 0 Å². The summed E-state index contributed by atoms with van der Waals surface area (Å²) < 4.78 is 10.8. The Labute approximate surface area is 165 Å². The second-order valence-corrected chi connectivity index (χ2v) is 6.72. The fraction of sp³-hybridized carbons (Fsp3) is 0.550. The minimum atomic E-state index is -1.03. The number of aliphatic carboxylic acids is 1. The van der Waals surface area contributed by atoms with Crippen molar-refractivity contribution in [2.24, 2.45) is 0 Å². The summed E-state index contributed by atoms with van der Waals surface area (Å²) in [6.07, 6.45) is 1.92. The number of carbonyl (C=O) groups excluding carboxylic acids is 2. The Bertz CT molecular complexity index is 721. The SMILES string of the molecule is CCOc1ccc(C(=O)N2CCCC(N(CC(=O)O)C(C)=O)CC2)cc1OC. The summed E-state index contributed by atoms with van der Waals surface area (Å²) in [6, 6.07) is 4.92. The molecular weight excluding hydrogens is 364 g/mol. The summed E-state index contributed by atoms with van der Waals surface area (Å²) in [4.78, 5) is 39.0. The number of carboxylic acids is 1. The molecule has 0 radical (unpaired) electrons. The van der Waals surface area contributed by atoms with Gasteiger partial charge >= 0.3 is 5.97 Å². The number of amides is 2. The van der Waals surface area contributed by atoms with E-state index in [0.717, 1.165) is 0 Å². The molecule has 1 aliphatic rings. The van der Waals surface area contributed by atoms with Gasteiger partial charge in [-0.1, -0.05) is 0 Å². The molecule has 0 bridgehead atoms. The van der Waals surface area contributed by atoms with Crippen LogP contribution in [-0.4, -0.2) is 72.1 Å². The first-order valence-electron chi connectivity index (χ1n) is 9.46. The number of rotatable bonds is 7. The van der Waals surface area contributed by atoms with Gasteiger partial charge in [0.15, 0.2) is 11.5 Å². The van der Waals surface area contributed by atoms with Crippen LogP contribution in [-0.2, 0) is 9.59 Å². The van der Waals surface area contributed by atoms with Crippen molar-refractivity contribution in [3.05, 3.63) is 23.8 Å². The van der Waals surface area contributed by atoms with Crippen molar-refractivity contribution >= 4 is 17.8 Å². The van der Waals surface area contributed by atoms with Crippen molar-refractivity contribution in [3.63, 3.8) is 0 Å². The number of carboxylic acid groups (broad SMARTS) is 1. The summed E-state index contributed by atoms with van der Waals surface area (Å²) in [7, 11) is 1.53. The summed E-state index contributed by atoms with van der Waals surface area (Å²) in [5.41, 5.74) is 0.507. The van der Waals surface area contributed by atoms with E-state index in [9.17, 15) is 14.4 Å². The lowest BCUT2D eigenvalue weighted by Crippen LogP contribution is -2.43. The van der Waals surface area contributed by atoms with Gasteiger partial charge in [0.2, 0.25) is 5.91 Å². The topological polar surface area (TPSA) is 96.4 Å². The molecule has 1 aliphatic heterocycles. The van der Waals surface area contributed by atoms with Crippen LogP contribution in [0.25, 0.3) is 0 Å². The highest BCUT2D eigenvalue weighted by Crippen LogP contribution is 2.29. The molecule has 1 saturated heterocycles. The molecule has 8 heteroatoms. The van der Waals surface area contributed by atoms with Crippen LogP contribution in [0.1, 0.15) is 43.5 Å². The highest BCUT2D eigenvalue weighted by atomic mass is 16.5. The molecule has 28 heavy (non-hydrogen) atoms. The zero-order chi connectivity index (χ0) is 20.7. The van der Waals surface area contributed by atoms with Crippen molar-refractivity contribution in [2.45, 2.75) is 39.2 Å². The number of benzene rings is 1. The Balaban J connectivity index is 2.10. The molecule has 0 aliphatic carbocycles.